The summed E-state index contributed by atoms with van der Waals surface area (Å²) in [7, 11) is -1.12. The summed E-state index contributed by atoms with van der Waals surface area (Å²) in [6, 6.07) is 6.10. The van der Waals surface area contributed by atoms with Crippen LogP contribution in [0.4, 0.5) is 0 Å². The second-order valence-electron chi connectivity index (χ2n) is 5.16. The minimum absolute atomic E-state index is 0.642. The minimum atomic E-state index is -1.12. The van der Waals surface area contributed by atoms with Gasteiger partial charge in [-0.25, -0.2) is 9.20 Å². The van der Waals surface area contributed by atoms with Gasteiger partial charge < -0.3 is 10.3 Å². The van der Waals surface area contributed by atoms with Crippen LogP contribution in [0, 0.1) is 0 Å². The Balaban J connectivity index is 1.83. The van der Waals surface area contributed by atoms with Gasteiger partial charge in [0.2, 0.25) is 0 Å². The van der Waals surface area contributed by atoms with Crippen molar-refractivity contribution in [1.29, 1.82) is 0 Å². The Morgan fingerprint density at radius 1 is 1.29 bits per heavy atom. The Morgan fingerprint density at radius 2 is 2.24 bits per heavy atom. The summed E-state index contributed by atoms with van der Waals surface area (Å²) >= 11 is 0. The third kappa shape index (κ3) is 2.18. The summed E-state index contributed by atoms with van der Waals surface area (Å²) in [5, 5.41) is 6.77. The van der Waals surface area contributed by atoms with Crippen molar-refractivity contribution in [1.82, 2.24) is 10.3 Å². The first-order valence-electron chi connectivity index (χ1n) is 6.99. The molecule has 0 saturated heterocycles. The Morgan fingerprint density at radius 3 is 3.00 bits per heavy atom. The largest absolute Gasteiger partial charge is 0.361 e. The van der Waals surface area contributed by atoms with Crippen molar-refractivity contribution < 1.29 is 4.21 Å². The van der Waals surface area contributed by atoms with E-state index in [-0.39, 0.29) is 0 Å². The molecule has 2 aliphatic rings. The normalized spacial score (nSPS) is 21.6. The number of hydrogen-bond acceptors (Lipinski definition) is 3. The molecule has 5 heteroatoms. The van der Waals surface area contributed by atoms with Crippen molar-refractivity contribution in [3.8, 4) is 0 Å². The molecular formula is C16H15N3OS. The summed E-state index contributed by atoms with van der Waals surface area (Å²) in [6.07, 6.45) is 6.96. The zero-order valence-electron chi connectivity index (χ0n) is 11.4. The van der Waals surface area contributed by atoms with Crippen molar-refractivity contribution in [3.05, 3.63) is 53.2 Å². The lowest BCUT2D eigenvalue weighted by molar-refractivity contribution is 0.695. The fourth-order valence-corrected chi connectivity index (χ4v) is 3.67. The molecule has 0 fully saturated rings. The van der Waals surface area contributed by atoms with Gasteiger partial charge in [0, 0.05) is 46.4 Å². The van der Waals surface area contributed by atoms with Crippen molar-refractivity contribution >= 4 is 32.3 Å². The summed E-state index contributed by atoms with van der Waals surface area (Å²) < 4.78 is 11.9. The molecular weight excluding hydrogens is 282 g/mol. The predicted molar refractivity (Wildman–Crippen MR) is 87.6 cm³/mol. The molecule has 3 heterocycles. The number of nitrogens with zero attached hydrogens (tertiary/aromatic N) is 1. The van der Waals surface area contributed by atoms with E-state index in [0.717, 1.165) is 30.6 Å². The highest BCUT2D eigenvalue weighted by molar-refractivity contribution is 8.04. The number of aliphatic imine (C=N–C) groups is 1. The average molecular weight is 297 g/mol. The lowest BCUT2D eigenvalue weighted by atomic mass is 9.99. The topological polar surface area (TPSA) is 57.2 Å². The first-order chi connectivity index (χ1) is 10.3. The monoisotopic (exact) mass is 297 g/mol. The lowest BCUT2D eigenvalue weighted by Crippen LogP contribution is -2.19. The second-order valence-corrected chi connectivity index (χ2v) is 6.42. The molecule has 0 saturated carbocycles. The maximum absolute atomic E-state index is 11.9. The van der Waals surface area contributed by atoms with E-state index in [1.54, 1.807) is 11.6 Å². The van der Waals surface area contributed by atoms with Crippen LogP contribution in [0.25, 0.3) is 16.5 Å². The van der Waals surface area contributed by atoms with Crippen molar-refractivity contribution in [2.75, 3.05) is 13.1 Å². The molecule has 0 amide bonds. The van der Waals surface area contributed by atoms with E-state index in [0.29, 0.717) is 5.04 Å². The smallest absolute Gasteiger partial charge is 0.138 e. The molecule has 0 bridgehead atoms. The van der Waals surface area contributed by atoms with Gasteiger partial charge in [-0.15, -0.1) is 0 Å². The first-order valence-corrected chi connectivity index (χ1v) is 8.21. The van der Waals surface area contributed by atoms with Crippen LogP contribution < -0.4 is 5.32 Å². The highest BCUT2D eigenvalue weighted by Gasteiger charge is 2.16. The highest BCUT2D eigenvalue weighted by atomic mass is 32.2. The summed E-state index contributed by atoms with van der Waals surface area (Å²) in [4.78, 5) is 7.54. The van der Waals surface area contributed by atoms with Gasteiger partial charge in [0.25, 0.3) is 0 Å². The Kier molecular flexibility index (Phi) is 3.09. The Hall–Kier alpha value is -1.98. The van der Waals surface area contributed by atoms with Crippen molar-refractivity contribution in [3.63, 3.8) is 0 Å². The van der Waals surface area contributed by atoms with Crippen LogP contribution in [0.15, 0.2) is 47.1 Å². The number of aromatic nitrogens is 1. The highest BCUT2D eigenvalue weighted by Crippen LogP contribution is 2.29. The fraction of sp³-hybridized carbons (Fsp3) is 0.188. The van der Waals surface area contributed by atoms with Gasteiger partial charge in [0.15, 0.2) is 0 Å². The quantitative estimate of drug-likeness (QED) is 0.895. The summed E-state index contributed by atoms with van der Waals surface area (Å²) in [5.74, 6) is 0. The molecule has 2 aliphatic heterocycles. The van der Waals surface area contributed by atoms with Crippen LogP contribution in [0.1, 0.15) is 17.5 Å². The van der Waals surface area contributed by atoms with E-state index in [9.17, 15) is 4.21 Å². The number of aromatic amines is 1. The van der Waals surface area contributed by atoms with Crippen LogP contribution in [0.5, 0.6) is 0 Å². The number of hydrogen-bond donors (Lipinski definition) is 2. The van der Waals surface area contributed by atoms with Crippen LogP contribution in [0.2, 0.25) is 0 Å². The van der Waals surface area contributed by atoms with Crippen LogP contribution in [0.3, 0.4) is 0 Å². The zero-order valence-corrected chi connectivity index (χ0v) is 12.2. The number of benzene rings is 1. The summed E-state index contributed by atoms with van der Waals surface area (Å²) in [5.41, 5.74) is 4.64. The van der Waals surface area contributed by atoms with E-state index < -0.39 is 10.8 Å². The summed E-state index contributed by atoms with van der Waals surface area (Å²) in [6.45, 7) is 1.93. The molecule has 0 spiro atoms. The molecule has 1 unspecified atom stereocenters. The van der Waals surface area contributed by atoms with Crippen molar-refractivity contribution in [2.24, 2.45) is 4.99 Å². The molecule has 2 aromatic rings. The molecule has 1 aromatic carbocycles. The third-order valence-electron chi connectivity index (χ3n) is 3.91. The third-order valence-corrected chi connectivity index (χ3v) is 5.00. The van der Waals surface area contributed by atoms with E-state index >= 15 is 0 Å². The molecule has 21 heavy (non-hydrogen) atoms. The number of rotatable bonds is 2. The van der Waals surface area contributed by atoms with Gasteiger partial charge in [-0.3, -0.25) is 0 Å². The van der Waals surface area contributed by atoms with E-state index in [4.69, 9.17) is 0 Å². The van der Waals surface area contributed by atoms with Gasteiger partial charge in [-0.1, -0.05) is 12.1 Å². The SMILES string of the molecule is O=S1C=CN=C1c1ccc2[nH]cc(C3=CCNCC3)c2c1. The van der Waals surface area contributed by atoms with Gasteiger partial charge in [-0.05, 0) is 30.7 Å². The number of nitrogens with one attached hydrogen (secondary N) is 2. The fourth-order valence-electron chi connectivity index (χ4n) is 2.85. The Bertz CT molecular complexity index is 829. The van der Waals surface area contributed by atoms with Crippen LogP contribution in [-0.2, 0) is 10.8 Å². The van der Waals surface area contributed by atoms with Gasteiger partial charge in [0.05, 0.1) is 10.8 Å². The maximum Gasteiger partial charge on any atom is 0.138 e. The average Bonchev–Trinajstić information content (AvgIpc) is 3.13. The maximum atomic E-state index is 11.9. The van der Waals surface area contributed by atoms with Gasteiger partial charge in [0.1, 0.15) is 5.04 Å². The molecule has 1 aromatic heterocycles. The van der Waals surface area contributed by atoms with Crippen molar-refractivity contribution in [2.45, 2.75) is 6.42 Å². The van der Waals surface area contributed by atoms with Crippen LogP contribution in [-0.4, -0.2) is 27.3 Å². The van der Waals surface area contributed by atoms with Gasteiger partial charge >= 0.3 is 0 Å². The molecule has 4 nitrogen and oxygen atoms in total. The first kappa shape index (κ1) is 12.7. The molecule has 106 valence electrons. The molecule has 2 N–H and O–H groups in total. The van der Waals surface area contributed by atoms with E-state index in [2.05, 4.69) is 33.6 Å². The number of fused-ring (bicyclic) bond motifs is 1. The molecule has 1 atom stereocenters. The van der Waals surface area contributed by atoms with E-state index in [1.807, 2.05) is 12.1 Å². The molecule has 0 aliphatic carbocycles. The molecule has 4 rings (SSSR count). The Labute approximate surface area is 125 Å². The predicted octanol–water partition coefficient (Wildman–Crippen LogP) is 2.52. The van der Waals surface area contributed by atoms with Gasteiger partial charge in [-0.2, -0.15) is 0 Å². The lowest BCUT2D eigenvalue weighted by Gasteiger charge is -2.13. The van der Waals surface area contributed by atoms with Crippen LogP contribution >= 0.6 is 0 Å². The van der Waals surface area contributed by atoms with E-state index in [1.165, 1.54) is 16.5 Å². The minimum Gasteiger partial charge on any atom is -0.361 e. The zero-order chi connectivity index (χ0) is 14.2. The standard InChI is InChI=1S/C16H15N3OS/c20-21-8-7-18-16(21)12-1-2-15-13(9-12)14(10-19-15)11-3-5-17-6-4-11/h1-3,7-10,17,19H,4-6H2. The molecule has 0 radical (unpaired) electrons. The number of H-pyrrole nitrogens is 1. The second kappa shape index (κ2) is 5.09.